The first-order valence-corrected chi connectivity index (χ1v) is 7.66. The molecule has 0 aliphatic carbocycles. The molecule has 0 radical (unpaired) electrons. The smallest absolute Gasteiger partial charge is 0.403 e. The van der Waals surface area contributed by atoms with Crippen LogP contribution in [0.25, 0.3) is 0 Å². The van der Waals surface area contributed by atoms with Gasteiger partial charge in [0.15, 0.2) is 0 Å². The van der Waals surface area contributed by atoms with E-state index in [4.69, 9.17) is 18.6 Å². The van der Waals surface area contributed by atoms with Crippen molar-refractivity contribution in [2.45, 2.75) is 84.1 Å². The van der Waals surface area contributed by atoms with E-state index < -0.39 is 7.12 Å². The Balaban J connectivity index is 1.99. The van der Waals surface area contributed by atoms with Crippen LogP contribution in [-0.4, -0.2) is 36.6 Å². The summed E-state index contributed by atoms with van der Waals surface area (Å²) in [5, 5.41) is 0. The van der Waals surface area contributed by atoms with Gasteiger partial charge in [0, 0.05) is 6.32 Å². The molecule has 2 saturated heterocycles. The Labute approximate surface area is 129 Å². The first kappa shape index (κ1) is 17.1. The second-order valence-electron chi connectivity index (χ2n) is 8.14. The zero-order valence-electron chi connectivity index (χ0n) is 14.7. The fourth-order valence-electron chi connectivity index (χ4n) is 2.37. The van der Waals surface area contributed by atoms with Crippen LogP contribution in [0.5, 0.6) is 0 Å². The van der Waals surface area contributed by atoms with Crippen LogP contribution in [0.15, 0.2) is 12.1 Å². The van der Waals surface area contributed by atoms with Crippen molar-refractivity contribution < 1.29 is 18.6 Å². The van der Waals surface area contributed by atoms with E-state index in [2.05, 4.69) is 6.58 Å². The van der Waals surface area contributed by atoms with Gasteiger partial charge in [0.2, 0.25) is 0 Å². The van der Waals surface area contributed by atoms with Gasteiger partial charge in [-0.15, -0.1) is 6.58 Å². The van der Waals surface area contributed by atoms with Crippen LogP contribution >= 0.6 is 0 Å². The molecule has 118 valence electrons. The molecule has 0 aromatic heterocycles. The number of hydrogen-bond acceptors (Lipinski definition) is 4. The van der Waals surface area contributed by atoms with E-state index in [0.717, 1.165) is 5.47 Å². The van der Waals surface area contributed by atoms with Gasteiger partial charge in [0.05, 0.1) is 22.4 Å². The summed E-state index contributed by atoms with van der Waals surface area (Å²) in [5.74, 6) is 0. The predicted octanol–water partition coefficient (Wildman–Crippen LogP) is 3.27. The lowest BCUT2D eigenvalue weighted by Crippen LogP contribution is -2.41. The van der Waals surface area contributed by atoms with E-state index in [1.54, 1.807) is 0 Å². The summed E-state index contributed by atoms with van der Waals surface area (Å²) in [7, 11) is -0.712. The lowest BCUT2D eigenvalue weighted by atomic mass is 9.67. The standard InChI is InChI=1S/C15H28B2O4/c1-11(17-20-14(6,7)15(8,9)21-17)10-16-18-12(2,3)13(4,5)19-16/h1,10H2,2-9H3. The SMILES string of the molecule is C=C(CB1OC(C)(C)C(C)(C)O1)B1OC(C)(C)C(C)(C)O1. The summed E-state index contributed by atoms with van der Waals surface area (Å²) in [6.07, 6.45) is 0.573. The molecule has 6 heteroatoms. The van der Waals surface area contributed by atoms with Crippen molar-refractivity contribution in [3.05, 3.63) is 12.1 Å². The topological polar surface area (TPSA) is 36.9 Å². The van der Waals surface area contributed by atoms with Crippen molar-refractivity contribution in [1.29, 1.82) is 0 Å². The van der Waals surface area contributed by atoms with E-state index in [9.17, 15) is 0 Å². The third-order valence-electron chi connectivity index (χ3n) is 5.32. The Bertz CT molecular complexity index is 411. The highest BCUT2D eigenvalue weighted by molar-refractivity contribution is 6.59. The molecule has 0 bridgehead atoms. The van der Waals surface area contributed by atoms with Gasteiger partial charge in [0.25, 0.3) is 0 Å². The van der Waals surface area contributed by atoms with Crippen LogP contribution in [0.3, 0.4) is 0 Å². The van der Waals surface area contributed by atoms with Crippen LogP contribution in [0, 0.1) is 0 Å². The maximum absolute atomic E-state index is 6.01. The predicted molar refractivity (Wildman–Crippen MR) is 86.1 cm³/mol. The van der Waals surface area contributed by atoms with Gasteiger partial charge in [-0.25, -0.2) is 0 Å². The quantitative estimate of drug-likeness (QED) is 0.749. The van der Waals surface area contributed by atoms with Crippen molar-refractivity contribution in [3.63, 3.8) is 0 Å². The molecule has 0 aromatic carbocycles. The van der Waals surface area contributed by atoms with Crippen LogP contribution in [0.1, 0.15) is 55.4 Å². The minimum atomic E-state index is -0.408. The molecule has 0 N–H and O–H groups in total. The second-order valence-corrected chi connectivity index (χ2v) is 8.14. The highest BCUT2D eigenvalue weighted by Gasteiger charge is 2.55. The summed E-state index contributed by atoms with van der Waals surface area (Å²) in [4.78, 5) is 0. The van der Waals surface area contributed by atoms with Gasteiger partial charge in [-0.05, 0) is 60.9 Å². The zero-order valence-corrected chi connectivity index (χ0v) is 14.7. The number of rotatable bonds is 3. The molecule has 4 nitrogen and oxygen atoms in total. The molecule has 0 spiro atoms. The summed E-state index contributed by atoms with van der Waals surface area (Å²) in [5.41, 5.74) is -0.499. The monoisotopic (exact) mass is 294 g/mol. The molecule has 0 amide bonds. The van der Waals surface area contributed by atoms with E-state index >= 15 is 0 Å². The molecule has 2 aliphatic rings. The lowest BCUT2D eigenvalue weighted by molar-refractivity contribution is 0.00578. The van der Waals surface area contributed by atoms with E-state index in [-0.39, 0.29) is 29.5 Å². The average Bonchev–Trinajstić information content (AvgIpc) is 2.57. The fraction of sp³-hybridized carbons (Fsp3) is 0.867. The van der Waals surface area contributed by atoms with Crippen molar-refractivity contribution in [2.24, 2.45) is 0 Å². The van der Waals surface area contributed by atoms with E-state index in [1.165, 1.54) is 0 Å². The van der Waals surface area contributed by atoms with Gasteiger partial charge < -0.3 is 18.6 Å². The van der Waals surface area contributed by atoms with Crippen molar-refractivity contribution in [2.75, 3.05) is 0 Å². The Hall–Kier alpha value is -0.290. The Morgan fingerprint density at radius 1 is 0.714 bits per heavy atom. The van der Waals surface area contributed by atoms with E-state index in [0.29, 0.717) is 6.32 Å². The van der Waals surface area contributed by atoms with Crippen molar-refractivity contribution in [3.8, 4) is 0 Å². The fourth-order valence-corrected chi connectivity index (χ4v) is 2.37. The Kier molecular flexibility index (Phi) is 3.94. The largest absolute Gasteiger partial charge is 0.489 e. The van der Waals surface area contributed by atoms with Crippen molar-refractivity contribution in [1.82, 2.24) is 0 Å². The summed E-state index contributed by atoms with van der Waals surface area (Å²) in [6, 6.07) is 0. The maximum atomic E-state index is 6.01. The third kappa shape index (κ3) is 2.96. The zero-order chi connectivity index (χ0) is 16.3. The Morgan fingerprint density at radius 3 is 1.43 bits per heavy atom. The minimum absolute atomic E-state index is 0.304. The van der Waals surface area contributed by atoms with Crippen LogP contribution in [-0.2, 0) is 18.6 Å². The first-order chi connectivity index (χ1) is 9.27. The molecule has 0 unspecified atom stereocenters. The average molecular weight is 294 g/mol. The molecular formula is C15H28B2O4. The van der Waals surface area contributed by atoms with Gasteiger partial charge >= 0.3 is 14.2 Å². The highest BCUT2D eigenvalue weighted by atomic mass is 16.7. The van der Waals surface area contributed by atoms with Gasteiger partial charge in [-0.3, -0.25) is 0 Å². The van der Waals surface area contributed by atoms with Gasteiger partial charge in [-0.2, -0.15) is 0 Å². The summed E-state index contributed by atoms with van der Waals surface area (Å²) >= 11 is 0. The minimum Gasteiger partial charge on any atom is -0.403 e. The Morgan fingerprint density at radius 2 is 1.05 bits per heavy atom. The third-order valence-corrected chi connectivity index (χ3v) is 5.32. The molecule has 0 saturated carbocycles. The molecule has 2 rings (SSSR count). The first-order valence-electron chi connectivity index (χ1n) is 7.66. The summed E-state index contributed by atoms with van der Waals surface area (Å²) < 4.78 is 24.0. The normalized spacial score (nSPS) is 29.0. The molecule has 21 heavy (non-hydrogen) atoms. The molecule has 0 atom stereocenters. The molecular weight excluding hydrogens is 266 g/mol. The lowest BCUT2D eigenvalue weighted by Gasteiger charge is -2.32. The summed E-state index contributed by atoms with van der Waals surface area (Å²) in [6.45, 7) is 20.4. The van der Waals surface area contributed by atoms with E-state index in [1.807, 2.05) is 55.4 Å². The van der Waals surface area contributed by atoms with Crippen LogP contribution < -0.4 is 0 Å². The molecule has 2 fully saturated rings. The molecule has 0 aromatic rings. The van der Waals surface area contributed by atoms with Crippen LogP contribution in [0.4, 0.5) is 0 Å². The number of allylic oxidation sites excluding steroid dienone is 1. The highest BCUT2D eigenvalue weighted by Crippen LogP contribution is 2.41. The second kappa shape index (κ2) is 4.85. The van der Waals surface area contributed by atoms with Crippen LogP contribution in [0.2, 0.25) is 6.32 Å². The van der Waals surface area contributed by atoms with Crippen molar-refractivity contribution >= 4 is 14.2 Å². The number of hydrogen-bond donors (Lipinski definition) is 0. The molecule has 2 aliphatic heterocycles. The molecule has 2 heterocycles. The van der Waals surface area contributed by atoms with Gasteiger partial charge in [-0.1, -0.05) is 0 Å². The van der Waals surface area contributed by atoms with Gasteiger partial charge in [0.1, 0.15) is 0 Å². The maximum Gasteiger partial charge on any atom is 0.489 e.